The molecule has 31 heavy (non-hydrogen) atoms. The summed E-state index contributed by atoms with van der Waals surface area (Å²) >= 11 is 0. The minimum Gasteiger partial charge on any atom is -0.454 e. The molecule has 0 spiro atoms. The van der Waals surface area contributed by atoms with Gasteiger partial charge >= 0.3 is 5.97 Å². The lowest BCUT2D eigenvalue weighted by Crippen LogP contribution is -2.30. The lowest BCUT2D eigenvalue weighted by atomic mass is 10.1. The minimum absolute atomic E-state index is 0.0339. The molecule has 2 aromatic carbocycles. The summed E-state index contributed by atoms with van der Waals surface area (Å²) in [5.41, 5.74) is 3.85. The van der Waals surface area contributed by atoms with Gasteiger partial charge in [-0.1, -0.05) is 18.2 Å². The van der Waals surface area contributed by atoms with Gasteiger partial charge in [0.05, 0.1) is 17.8 Å². The van der Waals surface area contributed by atoms with Gasteiger partial charge in [-0.05, 0) is 45.0 Å². The van der Waals surface area contributed by atoms with Crippen LogP contribution >= 0.6 is 0 Å². The molecule has 8 heteroatoms. The highest BCUT2D eigenvalue weighted by atomic mass is 16.7. The number of ether oxygens (including phenoxy) is 3. The number of carbonyl (C=O) groups is 2. The van der Waals surface area contributed by atoms with E-state index in [2.05, 4.69) is 10.4 Å². The van der Waals surface area contributed by atoms with Crippen molar-refractivity contribution in [2.24, 2.45) is 0 Å². The van der Waals surface area contributed by atoms with Crippen molar-refractivity contribution in [3.8, 4) is 17.2 Å². The van der Waals surface area contributed by atoms with E-state index in [4.69, 9.17) is 14.2 Å². The Bertz CT molecular complexity index is 1120. The number of rotatable bonds is 6. The molecule has 0 fully saturated rings. The fraction of sp³-hybridized carbons (Fsp3) is 0.261. The number of hydrogen-bond donors (Lipinski definition) is 1. The molecule has 1 amide bonds. The molecule has 0 radical (unpaired) electrons. The number of anilines is 1. The van der Waals surface area contributed by atoms with E-state index >= 15 is 0 Å². The summed E-state index contributed by atoms with van der Waals surface area (Å²) in [6.07, 6.45) is -0.922. The maximum absolute atomic E-state index is 12.5. The molecule has 1 N–H and O–H groups in total. The van der Waals surface area contributed by atoms with Crippen LogP contribution in [0.3, 0.4) is 0 Å². The number of aryl methyl sites for hydroxylation is 1. The van der Waals surface area contributed by atoms with Crippen LogP contribution in [0.4, 0.5) is 5.69 Å². The summed E-state index contributed by atoms with van der Waals surface area (Å²) in [4.78, 5) is 25.0. The molecule has 1 aliphatic heterocycles. The fourth-order valence-corrected chi connectivity index (χ4v) is 3.41. The molecule has 1 unspecified atom stereocenters. The molecular weight excluding hydrogens is 398 g/mol. The zero-order valence-electron chi connectivity index (χ0n) is 17.5. The first-order chi connectivity index (χ1) is 14.9. The Morgan fingerprint density at radius 3 is 2.65 bits per heavy atom. The number of para-hydroxylation sites is 1. The quantitative estimate of drug-likeness (QED) is 0.614. The van der Waals surface area contributed by atoms with E-state index in [0.29, 0.717) is 17.2 Å². The Morgan fingerprint density at radius 2 is 1.87 bits per heavy atom. The summed E-state index contributed by atoms with van der Waals surface area (Å²) in [5, 5.41) is 7.26. The van der Waals surface area contributed by atoms with Crippen LogP contribution in [-0.2, 0) is 20.7 Å². The second-order valence-electron chi connectivity index (χ2n) is 7.26. The molecule has 0 saturated heterocycles. The SMILES string of the molecule is Cc1nn(-c2ccccc2)c(C)c1CC(=O)OC(C)C(=O)Nc1ccc2c(c1)OCO2. The number of fused-ring (bicyclic) bond motifs is 1. The molecule has 0 bridgehead atoms. The van der Waals surface area contributed by atoms with Crippen molar-refractivity contribution in [3.63, 3.8) is 0 Å². The van der Waals surface area contributed by atoms with Crippen LogP contribution in [0.2, 0.25) is 0 Å². The highest BCUT2D eigenvalue weighted by Gasteiger charge is 2.22. The first-order valence-electron chi connectivity index (χ1n) is 9.93. The van der Waals surface area contributed by atoms with E-state index in [1.807, 2.05) is 44.2 Å². The van der Waals surface area contributed by atoms with Gasteiger partial charge in [0.2, 0.25) is 6.79 Å². The summed E-state index contributed by atoms with van der Waals surface area (Å²) in [6, 6.07) is 14.8. The van der Waals surface area contributed by atoms with Crippen LogP contribution in [0.5, 0.6) is 11.5 Å². The van der Waals surface area contributed by atoms with Crippen molar-refractivity contribution in [3.05, 3.63) is 65.5 Å². The van der Waals surface area contributed by atoms with Gasteiger partial charge in [-0.3, -0.25) is 9.59 Å². The van der Waals surface area contributed by atoms with Gasteiger partial charge < -0.3 is 19.5 Å². The highest BCUT2D eigenvalue weighted by Crippen LogP contribution is 2.34. The third-order valence-electron chi connectivity index (χ3n) is 5.08. The maximum atomic E-state index is 12.5. The molecule has 2 heterocycles. The number of nitrogens with one attached hydrogen (secondary N) is 1. The number of esters is 1. The number of hydrogen-bond acceptors (Lipinski definition) is 6. The number of nitrogens with zero attached hydrogens (tertiary/aromatic N) is 2. The van der Waals surface area contributed by atoms with Crippen molar-refractivity contribution in [1.82, 2.24) is 9.78 Å². The predicted molar refractivity (Wildman–Crippen MR) is 113 cm³/mol. The third-order valence-corrected chi connectivity index (χ3v) is 5.08. The van der Waals surface area contributed by atoms with Crippen LogP contribution in [0.25, 0.3) is 5.69 Å². The first-order valence-corrected chi connectivity index (χ1v) is 9.93. The molecular formula is C23H23N3O5. The number of benzene rings is 2. The maximum Gasteiger partial charge on any atom is 0.311 e. The van der Waals surface area contributed by atoms with Gasteiger partial charge in [-0.2, -0.15) is 5.10 Å². The average Bonchev–Trinajstić information content (AvgIpc) is 3.33. The lowest BCUT2D eigenvalue weighted by molar-refractivity contribution is -0.152. The Kier molecular flexibility index (Phi) is 5.62. The molecule has 0 saturated carbocycles. The Balaban J connectivity index is 1.38. The highest BCUT2D eigenvalue weighted by molar-refractivity contribution is 5.95. The van der Waals surface area contributed by atoms with Gasteiger partial charge in [0.15, 0.2) is 17.6 Å². The fourth-order valence-electron chi connectivity index (χ4n) is 3.41. The van der Waals surface area contributed by atoms with Crippen molar-refractivity contribution in [2.45, 2.75) is 33.3 Å². The third kappa shape index (κ3) is 4.37. The number of aromatic nitrogens is 2. The topological polar surface area (TPSA) is 91.7 Å². The second kappa shape index (κ2) is 8.51. The van der Waals surface area contributed by atoms with Crippen LogP contribution in [0, 0.1) is 13.8 Å². The Hall–Kier alpha value is -3.81. The second-order valence-corrected chi connectivity index (χ2v) is 7.26. The van der Waals surface area contributed by atoms with E-state index in [1.165, 1.54) is 6.92 Å². The smallest absolute Gasteiger partial charge is 0.311 e. The zero-order chi connectivity index (χ0) is 22.0. The number of carbonyl (C=O) groups excluding carboxylic acids is 2. The lowest BCUT2D eigenvalue weighted by Gasteiger charge is -2.14. The minimum atomic E-state index is -0.956. The first kappa shape index (κ1) is 20.5. The summed E-state index contributed by atoms with van der Waals surface area (Å²) < 4.78 is 17.7. The average molecular weight is 421 g/mol. The Labute approximate surface area is 179 Å². The van der Waals surface area contributed by atoms with Crippen LogP contribution in [0.1, 0.15) is 23.9 Å². The van der Waals surface area contributed by atoms with E-state index in [-0.39, 0.29) is 13.2 Å². The van der Waals surface area contributed by atoms with Crippen LogP contribution in [-0.4, -0.2) is 34.6 Å². The molecule has 1 aliphatic rings. The van der Waals surface area contributed by atoms with E-state index in [9.17, 15) is 9.59 Å². The predicted octanol–water partition coefficient (Wildman–Crippen LogP) is 3.33. The monoisotopic (exact) mass is 421 g/mol. The Morgan fingerprint density at radius 1 is 1.13 bits per heavy atom. The zero-order valence-corrected chi connectivity index (χ0v) is 17.5. The largest absolute Gasteiger partial charge is 0.454 e. The standard InChI is InChI=1S/C23H23N3O5/c1-14-19(15(2)26(25-14)18-7-5-4-6-8-18)12-22(27)31-16(3)23(28)24-17-9-10-20-21(11-17)30-13-29-20/h4-11,16H,12-13H2,1-3H3,(H,24,28). The molecule has 8 nitrogen and oxygen atoms in total. The van der Waals surface area contributed by atoms with E-state index in [0.717, 1.165) is 22.6 Å². The van der Waals surface area contributed by atoms with Gasteiger partial charge in [0.1, 0.15) is 0 Å². The molecule has 0 aliphatic carbocycles. The van der Waals surface area contributed by atoms with E-state index in [1.54, 1.807) is 22.9 Å². The summed E-state index contributed by atoms with van der Waals surface area (Å²) in [7, 11) is 0. The molecule has 4 rings (SSSR count). The summed E-state index contributed by atoms with van der Waals surface area (Å²) in [6.45, 7) is 5.45. The van der Waals surface area contributed by atoms with Crippen molar-refractivity contribution in [2.75, 3.05) is 12.1 Å². The molecule has 1 atom stereocenters. The van der Waals surface area contributed by atoms with Gasteiger partial charge in [0, 0.05) is 23.0 Å². The van der Waals surface area contributed by atoms with Gasteiger partial charge in [-0.15, -0.1) is 0 Å². The van der Waals surface area contributed by atoms with Gasteiger partial charge in [0.25, 0.3) is 5.91 Å². The van der Waals surface area contributed by atoms with Crippen molar-refractivity contribution < 1.29 is 23.8 Å². The van der Waals surface area contributed by atoms with Crippen molar-refractivity contribution >= 4 is 17.6 Å². The van der Waals surface area contributed by atoms with Crippen LogP contribution < -0.4 is 14.8 Å². The molecule has 3 aromatic rings. The number of amides is 1. The summed E-state index contributed by atoms with van der Waals surface area (Å²) in [5.74, 6) is 0.260. The van der Waals surface area contributed by atoms with Gasteiger partial charge in [-0.25, -0.2) is 4.68 Å². The molecule has 1 aromatic heterocycles. The van der Waals surface area contributed by atoms with Crippen molar-refractivity contribution in [1.29, 1.82) is 0 Å². The van der Waals surface area contributed by atoms with Crippen LogP contribution in [0.15, 0.2) is 48.5 Å². The molecule has 160 valence electrons. The van der Waals surface area contributed by atoms with E-state index < -0.39 is 18.0 Å². The normalized spacial score (nSPS) is 13.0.